The van der Waals surface area contributed by atoms with E-state index in [1.165, 1.54) is 5.56 Å². The van der Waals surface area contributed by atoms with E-state index < -0.39 is 0 Å². The molecule has 1 fully saturated rings. The van der Waals surface area contributed by atoms with Crippen LogP contribution in [0.1, 0.15) is 24.1 Å². The molecule has 0 aliphatic heterocycles. The second-order valence-corrected chi connectivity index (χ2v) is 7.16. The van der Waals surface area contributed by atoms with Crippen LogP contribution in [0.5, 0.6) is 0 Å². The van der Waals surface area contributed by atoms with Crippen molar-refractivity contribution in [2.75, 3.05) is 0 Å². The predicted octanol–water partition coefficient (Wildman–Crippen LogP) is 3.94. The highest BCUT2D eigenvalue weighted by molar-refractivity contribution is 7.13. The number of carbonyl (C=O) groups is 1. The van der Waals surface area contributed by atoms with Crippen LogP contribution in [-0.4, -0.2) is 26.8 Å². The maximum Gasteiger partial charge on any atom is 0.229 e. The molecule has 25 heavy (non-hydrogen) atoms. The quantitative estimate of drug-likeness (QED) is 0.677. The van der Waals surface area contributed by atoms with Gasteiger partial charge in [0, 0.05) is 35.9 Å². The Balaban J connectivity index is 1.46. The molecule has 3 aromatic rings. The molecule has 0 atom stereocenters. The Hall–Kier alpha value is -2.53. The number of amides is 1. The van der Waals surface area contributed by atoms with E-state index in [1.807, 2.05) is 40.6 Å². The Morgan fingerprint density at radius 3 is 2.72 bits per heavy atom. The van der Waals surface area contributed by atoms with Crippen LogP contribution >= 0.6 is 11.3 Å². The molecular weight excluding hydrogens is 330 g/mol. The normalized spacial score (nSPS) is 13.6. The number of nitrogens with zero attached hydrogens (tertiary/aromatic N) is 3. The lowest BCUT2D eigenvalue weighted by molar-refractivity contribution is -0.131. The van der Waals surface area contributed by atoms with Crippen molar-refractivity contribution in [3.63, 3.8) is 0 Å². The minimum atomic E-state index is 0.161. The summed E-state index contributed by atoms with van der Waals surface area (Å²) in [6.07, 6.45) is 6.13. The Labute approximate surface area is 151 Å². The zero-order chi connectivity index (χ0) is 17.1. The molecule has 4 rings (SSSR count). The van der Waals surface area contributed by atoms with E-state index in [0.717, 1.165) is 29.1 Å². The first-order valence-corrected chi connectivity index (χ1v) is 9.36. The van der Waals surface area contributed by atoms with Gasteiger partial charge in [-0.2, -0.15) is 0 Å². The van der Waals surface area contributed by atoms with Crippen LogP contribution in [0.3, 0.4) is 0 Å². The van der Waals surface area contributed by atoms with Crippen molar-refractivity contribution < 1.29 is 4.79 Å². The summed E-state index contributed by atoms with van der Waals surface area (Å²) in [5, 5.41) is 2.89. The van der Waals surface area contributed by atoms with Gasteiger partial charge in [-0.25, -0.2) is 4.98 Å². The van der Waals surface area contributed by atoms with Crippen molar-refractivity contribution in [3.05, 3.63) is 71.5 Å². The van der Waals surface area contributed by atoms with E-state index in [2.05, 4.69) is 22.1 Å². The van der Waals surface area contributed by atoms with E-state index in [9.17, 15) is 4.79 Å². The highest BCUT2D eigenvalue weighted by Gasteiger charge is 2.32. The lowest BCUT2D eigenvalue weighted by Gasteiger charge is -2.22. The van der Waals surface area contributed by atoms with Gasteiger partial charge in [-0.1, -0.05) is 30.3 Å². The van der Waals surface area contributed by atoms with E-state index in [4.69, 9.17) is 0 Å². The van der Waals surface area contributed by atoms with Crippen molar-refractivity contribution in [3.8, 4) is 10.6 Å². The minimum Gasteiger partial charge on any atom is -0.335 e. The van der Waals surface area contributed by atoms with Gasteiger partial charge in [-0.15, -0.1) is 11.3 Å². The number of rotatable bonds is 6. The van der Waals surface area contributed by atoms with Crippen molar-refractivity contribution >= 4 is 17.2 Å². The van der Waals surface area contributed by atoms with Crippen LogP contribution in [0.25, 0.3) is 10.6 Å². The smallest absolute Gasteiger partial charge is 0.229 e. The fourth-order valence-corrected chi connectivity index (χ4v) is 3.66. The van der Waals surface area contributed by atoms with Gasteiger partial charge < -0.3 is 4.90 Å². The fraction of sp³-hybridized carbons (Fsp3) is 0.250. The average molecular weight is 349 g/mol. The van der Waals surface area contributed by atoms with Crippen molar-refractivity contribution in [1.29, 1.82) is 0 Å². The summed E-state index contributed by atoms with van der Waals surface area (Å²) in [7, 11) is 0. The lowest BCUT2D eigenvalue weighted by atomic mass is 10.2. The van der Waals surface area contributed by atoms with Gasteiger partial charge in [-0.05, 0) is 30.5 Å². The van der Waals surface area contributed by atoms with Crippen LogP contribution in [0, 0.1) is 0 Å². The molecule has 5 heteroatoms. The van der Waals surface area contributed by atoms with Gasteiger partial charge >= 0.3 is 0 Å². The summed E-state index contributed by atoms with van der Waals surface area (Å²) in [4.78, 5) is 23.6. The zero-order valence-corrected chi connectivity index (χ0v) is 14.7. The molecule has 126 valence electrons. The van der Waals surface area contributed by atoms with Crippen LogP contribution in [0.15, 0.2) is 60.2 Å². The van der Waals surface area contributed by atoms with E-state index >= 15 is 0 Å². The fourth-order valence-electron chi connectivity index (χ4n) is 2.85. The summed E-state index contributed by atoms with van der Waals surface area (Å²) in [6, 6.07) is 14.5. The molecular formula is C20H19N3OS. The summed E-state index contributed by atoms with van der Waals surface area (Å²) >= 11 is 1.56. The van der Waals surface area contributed by atoms with Crippen molar-refractivity contribution in [1.82, 2.24) is 14.9 Å². The molecule has 1 aromatic carbocycles. The standard InChI is InChI=1S/C20H19N3OS/c24-19(23(18-8-9-18)13-15-5-2-1-3-6-15)11-17-14-25-20(22-17)16-7-4-10-21-12-16/h1-7,10,12,14,18H,8-9,11,13H2. The zero-order valence-electron chi connectivity index (χ0n) is 13.8. The van der Waals surface area contributed by atoms with E-state index in [0.29, 0.717) is 19.0 Å². The molecule has 1 saturated carbocycles. The van der Waals surface area contributed by atoms with Gasteiger partial charge in [-0.3, -0.25) is 9.78 Å². The average Bonchev–Trinajstić information content (AvgIpc) is 3.39. The molecule has 1 amide bonds. The molecule has 0 saturated heterocycles. The molecule has 0 bridgehead atoms. The van der Waals surface area contributed by atoms with Crippen LogP contribution in [-0.2, 0) is 17.8 Å². The van der Waals surface area contributed by atoms with Gasteiger partial charge in [0.1, 0.15) is 5.01 Å². The van der Waals surface area contributed by atoms with Crippen LogP contribution < -0.4 is 0 Å². The van der Waals surface area contributed by atoms with E-state index in [-0.39, 0.29) is 5.91 Å². The lowest BCUT2D eigenvalue weighted by Crippen LogP contribution is -2.33. The van der Waals surface area contributed by atoms with E-state index in [1.54, 1.807) is 23.7 Å². The number of thiazole rings is 1. The minimum absolute atomic E-state index is 0.161. The second-order valence-electron chi connectivity index (χ2n) is 6.30. The first-order valence-electron chi connectivity index (χ1n) is 8.48. The Bertz CT molecular complexity index is 844. The van der Waals surface area contributed by atoms with Gasteiger partial charge in [0.15, 0.2) is 0 Å². The summed E-state index contributed by atoms with van der Waals surface area (Å²) in [5.41, 5.74) is 3.01. The molecule has 0 unspecified atom stereocenters. The van der Waals surface area contributed by atoms with Gasteiger partial charge in [0.2, 0.25) is 5.91 Å². The van der Waals surface area contributed by atoms with Crippen molar-refractivity contribution in [2.45, 2.75) is 31.8 Å². The summed E-state index contributed by atoms with van der Waals surface area (Å²) in [5.74, 6) is 0.161. The molecule has 2 heterocycles. The largest absolute Gasteiger partial charge is 0.335 e. The van der Waals surface area contributed by atoms with Crippen LogP contribution in [0.2, 0.25) is 0 Å². The Morgan fingerprint density at radius 2 is 2.00 bits per heavy atom. The number of benzene rings is 1. The predicted molar refractivity (Wildman–Crippen MR) is 99.1 cm³/mol. The third kappa shape index (κ3) is 3.94. The first kappa shape index (κ1) is 16.0. The SMILES string of the molecule is O=C(Cc1csc(-c2cccnc2)n1)N(Cc1ccccc1)C1CC1. The molecule has 0 N–H and O–H groups in total. The monoisotopic (exact) mass is 349 g/mol. The highest BCUT2D eigenvalue weighted by Crippen LogP contribution is 2.29. The molecule has 0 spiro atoms. The first-order chi connectivity index (χ1) is 12.3. The number of aromatic nitrogens is 2. The number of hydrogen-bond acceptors (Lipinski definition) is 4. The highest BCUT2D eigenvalue weighted by atomic mass is 32.1. The summed E-state index contributed by atoms with van der Waals surface area (Å²) in [6.45, 7) is 0.684. The maximum absolute atomic E-state index is 12.8. The number of hydrogen-bond donors (Lipinski definition) is 0. The van der Waals surface area contributed by atoms with Gasteiger partial charge in [0.25, 0.3) is 0 Å². The Kier molecular flexibility index (Phi) is 4.57. The molecule has 0 radical (unpaired) electrons. The third-order valence-corrected chi connectivity index (χ3v) is 5.24. The maximum atomic E-state index is 12.8. The molecule has 1 aliphatic carbocycles. The van der Waals surface area contributed by atoms with Gasteiger partial charge in [0.05, 0.1) is 12.1 Å². The Morgan fingerprint density at radius 1 is 1.16 bits per heavy atom. The third-order valence-electron chi connectivity index (χ3n) is 4.30. The summed E-state index contributed by atoms with van der Waals surface area (Å²) < 4.78 is 0. The molecule has 1 aliphatic rings. The molecule has 2 aromatic heterocycles. The van der Waals surface area contributed by atoms with Crippen molar-refractivity contribution in [2.24, 2.45) is 0 Å². The molecule has 4 nitrogen and oxygen atoms in total. The second kappa shape index (κ2) is 7.15. The topological polar surface area (TPSA) is 46.1 Å². The number of pyridine rings is 1. The number of carbonyl (C=O) groups excluding carboxylic acids is 1. The van der Waals surface area contributed by atoms with Crippen LogP contribution in [0.4, 0.5) is 0 Å².